The average molecular weight is 398 g/mol. The number of hydrogen-bond acceptors (Lipinski definition) is 3. The Bertz CT molecular complexity index is 1040. The summed E-state index contributed by atoms with van der Waals surface area (Å²) in [6.07, 6.45) is 5.51. The molecule has 5 aliphatic rings. The largest absolute Gasteiger partial charge is 0.348 e. The van der Waals surface area contributed by atoms with Gasteiger partial charge in [-0.2, -0.15) is 0 Å². The second kappa shape index (κ2) is 6.39. The van der Waals surface area contributed by atoms with Gasteiger partial charge in [0.2, 0.25) is 11.8 Å². The lowest BCUT2D eigenvalue weighted by Crippen LogP contribution is -2.40. The lowest BCUT2D eigenvalue weighted by atomic mass is 9.63. The van der Waals surface area contributed by atoms with Gasteiger partial charge in [-0.25, -0.2) is 0 Å². The molecule has 1 saturated heterocycles. The third-order valence-corrected chi connectivity index (χ3v) is 7.35. The molecule has 7 rings (SSSR count). The number of nitrogens with one attached hydrogen (secondary N) is 1. The third kappa shape index (κ3) is 2.51. The van der Waals surface area contributed by atoms with Crippen molar-refractivity contribution in [2.45, 2.75) is 13.0 Å². The molecule has 2 saturated carbocycles. The number of anilines is 1. The van der Waals surface area contributed by atoms with Crippen LogP contribution in [0.15, 0.2) is 66.7 Å². The summed E-state index contributed by atoms with van der Waals surface area (Å²) in [5, 5.41) is 2.90. The number of benzene rings is 2. The Labute approximate surface area is 174 Å². The molecule has 0 radical (unpaired) electrons. The van der Waals surface area contributed by atoms with Crippen molar-refractivity contribution in [2.75, 3.05) is 4.90 Å². The van der Waals surface area contributed by atoms with Crippen LogP contribution in [0.2, 0.25) is 0 Å². The van der Waals surface area contributed by atoms with Crippen molar-refractivity contribution >= 4 is 23.4 Å². The molecule has 150 valence electrons. The second-order valence-corrected chi connectivity index (χ2v) is 8.88. The number of hydrogen-bond donors (Lipinski definition) is 1. The molecular weight excluding hydrogens is 376 g/mol. The summed E-state index contributed by atoms with van der Waals surface area (Å²) in [6, 6.07) is 16.5. The predicted molar refractivity (Wildman–Crippen MR) is 111 cm³/mol. The van der Waals surface area contributed by atoms with Gasteiger partial charge in [-0.1, -0.05) is 42.5 Å². The van der Waals surface area contributed by atoms with Gasteiger partial charge in [0.05, 0.1) is 17.5 Å². The van der Waals surface area contributed by atoms with Crippen molar-refractivity contribution in [3.8, 4) is 0 Å². The van der Waals surface area contributed by atoms with E-state index < -0.39 is 0 Å². The number of carbonyl (C=O) groups excluding carboxylic acids is 3. The number of nitrogens with zero attached hydrogens (tertiary/aromatic N) is 1. The van der Waals surface area contributed by atoms with Crippen molar-refractivity contribution in [3.63, 3.8) is 0 Å². The quantitative estimate of drug-likeness (QED) is 0.635. The van der Waals surface area contributed by atoms with E-state index in [1.165, 1.54) is 4.90 Å². The molecule has 4 aliphatic carbocycles. The minimum atomic E-state index is -0.204. The summed E-state index contributed by atoms with van der Waals surface area (Å²) in [5.41, 5.74) is 2.10. The van der Waals surface area contributed by atoms with Gasteiger partial charge in [-0.3, -0.25) is 19.3 Å². The average Bonchev–Trinajstić information content (AvgIpc) is 3.56. The fraction of sp³-hybridized carbons (Fsp3) is 0.320. The topological polar surface area (TPSA) is 66.5 Å². The van der Waals surface area contributed by atoms with Crippen molar-refractivity contribution in [3.05, 3.63) is 77.9 Å². The Morgan fingerprint density at radius 3 is 2.07 bits per heavy atom. The predicted octanol–water partition coefficient (Wildman–Crippen LogP) is 3.17. The molecule has 2 aromatic rings. The summed E-state index contributed by atoms with van der Waals surface area (Å²) in [6.45, 7) is 0.450. The van der Waals surface area contributed by atoms with Crippen LogP contribution >= 0.6 is 0 Å². The summed E-state index contributed by atoms with van der Waals surface area (Å²) >= 11 is 0. The number of allylic oxidation sites excluding steroid dienone is 2. The molecule has 1 aliphatic heterocycles. The highest BCUT2D eigenvalue weighted by Gasteiger charge is 2.67. The van der Waals surface area contributed by atoms with Gasteiger partial charge in [-0.05, 0) is 59.9 Å². The molecule has 5 nitrogen and oxygen atoms in total. The second-order valence-electron chi connectivity index (χ2n) is 8.88. The molecule has 0 unspecified atom stereocenters. The molecule has 0 spiro atoms. The van der Waals surface area contributed by atoms with Crippen LogP contribution in [-0.4, -0.2) is 17.7 Å². The molecule has 3 fully saturated rings. The smallest absolute Gasteiger partial charge is 0.251 e. The van der Waals surface area contributed by atoms with E-state index in [0.717, 1.165) is 12.0 Å². The minimum Gasteiger partial charge on any atom is -0.348 e. The van der Waals surface area contributed by atoms with Gasteiger partial charge in [0.25, 0.3) is 5.91 Å². The van der Waals surface area contributed by atoms with E-state index in [0.29, 0.717) is 29.6 Å². The first-order valence-corrected chi connectivity index (χ1v) is 10.6. The molecule has 6 atom stereocenters. The van der Waals surface area contributed by atoms with Gasteiger partial charge in [0.15, 0.2) is 0 Å². The summed E-state index contributed by atoms with van der Waals surface area (Å²) in [5.74, 6) is 0.883. The molecular formula is C25H22N2O3. The molecule has 2 aromatic carbocycles. The standard InChI is InChI=1S/C25H22N2O3/c28-23(26-13-14-4-2-1-3-5-14)15-6-8-16(9-7-15)27-24(29)21-17-10-11-18(20-12-19(17)20)22(21)25(27)30/h1-11,17-22H,12-13H2,(H,26,28)/t17-,18-,19-,20-,21+,22+/m0/s1. The Morgan fingerprint density at radius 2 is 1.47 bits per heavy atom. The van der Waals surface area contributed by atoms with E-state index in [-0.39, 0.29) is 41.4 Å². The zero-order valence-corrected chi connectivity index (χ0v) is 16.4. The highest BCUT2D eigenvalue weighted by atomic mass is 16.2. The van der Waals surface area contributed by atoms with Crippen molar-refractivity contribution in [1.29, 1.82) is 0 Å². The van der Waals surface area contributed by atoms with E-state index in [1.807, 2.05) is 30.3 Å². The van der Waals surface area contributed by atoms with Gasteiger partial charge >= 0.3 is 0 Å². The fourth-order valence-electron chi connectivity index (χ4n) is 5.85. The summed E-state index contributed by atoms with van der Waals surface area (Å²) < 4.78 is 0. The Kier molecular flexibility index (Phi) is 3.76. The van der Waals surface area contributed by atoms with Crippen LogP contribution in [0.5, 0.6) is 0 Å². The molecule has 3 amide bonds. The Hall–Kier alpha value is -3.21. The van der Waals surface area contributed by atoms with Crippen molar-refractivity contribution in [1.82, 2.24) is 5.32 Å². The van der Waals surface area contributed by atoms with E-state index in [1.54, 1.807) is 24.3 Å². The molecule has 30 heavy (non-hydrogen) atoms. The highest BCUT2D eigenvalue weighted by Crippen LogP contribution is 2.65. The van der Waals surface area contributed by atoms with E-state index >= 15 is 0 Å². The zero-order chi connectivity index (χ0) is 20.4. The zero-order valence-electron chi connectivity index (χ0n) is 16.4. The van der Waals surface area contributed by atoms with Crippen LogP contribution < -0.4 is 10.2 Å². The Balaban J connectivity index is 1.19. The highest BCUT2D eigenvalue weighted by molar-refractivity contribution is 6.22. The van der Waals surface area contributed by atoms with E-state index in [9.17, 15) is 14.4 Å². The fourth-order valence-corrected chi connectivity index (χ4v) is 5.85. The summed E-state index contributed by atoms with van der Waals surface area (Å²) in [7, 11) is 0. The molecule has 1 N–H and O–H groups in total. The normalized spacial score (nSPS) is 32.7. The third-order valence-electron chi connectivity index (χ3n) is 7.35. The van der Waals surface area contributed by atoms with Crippen LogP contribution in [0, 0.1) is 35.5 Å². The lowest BCUT2D eigenvalue weighted by molar-refractivity contribution is -0.124. The van der Waals surface area contributed by atoms with Crippen LogP contribution in [0.1, 0.15) is 22.3 Å². The first kappa shape index (κ1) is 17.6. The number of rotatable bonds is 4. The van der Waals surface area contributed by atoms with E-state index in [2.05, 4.69) is 17.5 Å². The van der Waals surface area contributed by atoms with Gasteiger partial charge in [0, 0.05) is 12.1 Å². The van der Waals surface area contributed by atoms with Crippen LogP contribution in [-0.2, 0) is 16.1 Å². The Morgan fingerprint density at radius 1 is 0.867 bits per heavy atom. The van der Waals surface area contributed by atoms with E-state index in [4.69, 9.17) is 0 Å². The van der Waals surface area contributed by atoms with Crippen LogP contribution in [0.25, 0.3) is 0 Å². The maximum atomic E-state index is 13.2. The summed E-state index contributed by atoms with van der Waals surface area (Å²) in [4.78, 5) is 40.2. The number of imide groups is 1. The monoisotopic (exact) mass is 398 g/mol. The van der Waals surface area contributed by atoms with Crippen LogP contribution in [0.3, 0.4) is 0 Å². The van der Waals surface area contributed by atoms with Crippen molar-refractivity contribution < 1.29 is 14.4 Å². The number of carbonyl (C=O) groups is 3. The number of amides is 3. The first-order chi connectivity index (χ1) is 14.6. The molecule has 0 aromatic heterocycles. The first-order valence-electron chi connectivity index (χ1n) is 10.6. The van der Waals surface area contributed by atoms with Gasteiger partial charge in [0.1, 0.15) is 0 Å². The van der Waals surface area contributed by atoms with Crippen molar-refractivity contribution in [2.24, 2.45) is 35.5 Å². The maximum absolute atomic E-state index is 13.2. The van der Waals surface area contributed by atoms with Crippen LogP contribution in [0.4, 0.5) is 5.69 Å². The van der Waals surface area contributed by atoms with Gasteiger partial charge < -0.3 is 5.32 Å². The SMILES string of the molecule is O=C(NCc1ccccc1)c1ccc(N2C(=O)[C@@H]3[C@H]4C=C[C@@H]([C@@H]5C[C@@H]45)[C@H]3C2=O)cc1. The molecule has 5 heteroatoms. The lowest BCUT2D eigenvalue weighted by Gasteiger charge is -2.37. The maximum Gasteiger partial charge on any atom is 0.251 e. The molecule has 2 bridgehead atoms. The minimum absolute atomic E-state index is 0.0732. The van der Waals surface area contributed by atoms with Gasteiger partial charge in [-0.15, -0.1) is 0 Å². The molecule has 1 heterocycles.